The zero-order valence-corrected chi connectivity index (χ0v) is 10.1. The van der Waals surface area contributed by atoms with Crippen LogP contribution in [-0.2, 0) is 9.53 Å². The van der Waals surface area contributed by atoms with Crippen molar-refractivity contribution >= 4 is 11.7 Å². The number of nitrogens with zero attached hydrogens (tertiary/aromatic N) is 2. The number of oxime groups is 1. The Morgan fingerprint density at radius 2 is 2.06 bits per heavy atom. The molecule has 0 unspecified atom stereocenters. The van der Waals surface area contributed by atoms with E-state index in [-0.39, 0.29) is 11.7 Å². The summed E-state index contributed by atoms with van der Waals surface area (Å²) in [4.78, 5) is 14.2. The van der Waals surface area contributed by atoms with Gasteiger partial charge in [-0.25, -0.2) is 0 Å². The minimum absolute atomic E-state index is 0.0123. The van der Waals surface area contributed by atoms with E-state index in [0.717, 1.165) is 12.8 Å². The lowest BCUT2D eigenvalue weighted by Gasteiger charge is -2.37. The topological polar surface area (TPSA) is 88.2 Å². The highest BCUT2D eigenvalue weighted by atomic mass is 16.5. The van der Waals surface area contributed by atoms with Crippen LogP contribution in [-0.4, -0.2) is 48.2 Å². The van der Waals surface area contributed by atoms with Crippen molar-refractivity contribution in [2.24, 2.45) is 16.3 Å². The Morgan fingerprint density at radius 3 is 2.53 bits per heavy atom. The summed E-state index contributed by atoms with van der Waals surface area (Å²) in [6, 6.07) is 0.328. The molecule has 2 fully saturated rings. The average Bonchev–Trinajstić information content (AvgIpc) is 3.21. The van der Waals surface area contributed by atoms with Gasteiger partial charge in [-0.1, -0.05) is 5.16 Å². The third-order valence-electron chi connectivity index (χ3n) is 3.77. The molecule has 1 saturated heterocycles. The number of amides is 1. The molecule has 1 heterocycles. The summed E-state index contributed by atoms with van der Waals surface area (Å²) in [5.41, 5.74) is 4.87. The van der Waals surface area contributed by atoms with Crippen molar-refractivity contribution in [2.75, 3.05) is 20.3 Å². The molecule has 0 aromatic carbocycles. The van der Waals surface area contributed by atoms with Crippen molar-refractivity contribution in [3.63, 3.8) is 0 Å². The highest BCUT2D eigenvalue weighted by molar-refractivity contribution is 6.06. The second-order valence-electron chi connectivity index (χ2n) is 4.83. The van der Waals surface area contributed by atoms with Crippen molar-refractivity contribution in [1.82, 2.24) is 4.90 Å². The van der Waals surface area contributed by atoms with Gasteiger partial charge in [-0.05, 0) is 25.7 Å². The first kappa shape index (κ1) is 12.2. The summed E-state index contributed by atoms with van der Waals surface area (Å²) in [6.07, 6.45) is 3.06. The number of hydrogen-bond donors (Lipinski definition) is 2. The Balaban J connectivity index is 2.22. The van der Waals surface area contributed by atoms with Crippen molar-refractivity contribution in [1.29, 1.82) is 0 Å². The summed E-state index contributed by atoms with van der Waals surface area (Å²) in [6.45, 7) is 0.945. The maximum Gasteiger partial charge on any atom is 0.236 e. The molecular formula is C11H19N3O3. The summed E-state index contributed by atoms with van der Waals surface area (Å²) in [7, 11) is 1.79. The lowest BCUT2D eigenvalue weighted by atomic mass is 9.77. The maximum atomic E-state index is 12.5. The van der Waals surface area contributed by atoms with E-state index >= 15 is 0 Å². The van der Waals surface area contributed by atoms with Gasteiger partial charge in [-0.15, -0.1) is 0 Å². The SMILES string of the molecule is CN(C(=O)C1(C(N)=NO)CCOCC1)C1CC1. The first-order chi connectivity index (χ1) is 8.12. The molecular weight excluding hydrogens is 222 g/mol. The Hall–Kier alpha value is -1.30. The van der Waals surface area contributed by atoms with Crippen molar-refractivity contribution < 1.29 is 14.7 Å². The first-order valence-corrected chi connectivity index (χ1v) is 5.95. The van der Waals surface area contributed by atoms with Gasteiger partial charge >= 0.3 is 0 Å². The third-order valence-corrected chi connectivity index (χ3v) is 3.77. The van der Waals surface area contributed by atoms with Gasteiger partial charge in [0.05, 0.1) is 0 Å². The molecule has 0 spiro atoms. The molecule has 6 nitrogen and oxygen atoms in total. The number of amidine groups is 1. The van der Waals surface area contributed by atoms with E-state index in [1.54, 1.807) is 11.9 Å². The second kappa shape index (κ2) is 4.52. The van der Waals surface area contributed by atoms with Gasteiger partial charge < -0.3 is 20.6 Å². The van der Waals surface area contributed by atoms with Crippen LogP contribution in [0.1, 0.15) is 25.7 Å². The summed E-state index contributed by atoms with van der Waals surface area (Å²) < 4.78 is 5.26. The molecule has 1 aliphatic carbocycles. The number of nitrogens with two attached hydrogens (primary N) is 1. The maximum absolute atomic E-state index is 12.5. The molecule has 0 radical (unpaired) electrons. The van der Waals surface area contributed by atoms with E-state index < -0.39 is 5.41 Å². The van der Waals surface area contributed by atoms with Gasteiger partial charge in [-0.2, -0.15) is 0 Å². The normalized spacial score (nSPS) is 24.4. The van der Waals surface area contributed by atoms with E-state index in [1.165, 1.54) is 0 Å². The smallest absolute Gasteiger partial charge is 0.236 e. The molecule has 6 heteroatoms. The highest BCUT2D eigenvalue weighted by Gasteiger charge is 2.48. The number of hydrogen-bond acceptors (Lipinski definition) is 4. The van der Waals surface area contributed by atoms with Crippen LogP contribution >= 0.6 is 0 Å². The lowest BCUT2D eigenvalue weighted by molar-refractivity contribution is -0.141. The van der Waals surface area contributed by atoms with Gasteiger partial charge in [-0.3, -0.25) is 4.79 Å². The molecule has 17 heavy (non-hydrogen) atoms. The third kappa shape index (κ3) is 2.09. The summed E-state index contributed by atoms with van der Waals surface area (Å²) >= 11 is 0. The fourth-order valence-electron chi connectivity index (χ4n) is 2.36. The van der Waals surface area contributed by atoms with Gasteiger partial charge in [0.15, 0.2) is 5.84 Å². The number of carbonyl (C=O) groups excluding carboxylic acids is 1. The first-order valence-electron chi connectivity index (χ1n) is 5.95. The van der Waals surface area contributed by atoms with E-state index in [2.05, 4.69) is 5.16 Å². The van der Waals surface area contributed by atoms with Gasteiger partial charge in [0.2, 0.25) is 5.91 Å². The predicted molar refractivity (Wildman–Crippen MR) is 61.7 cm³/mol. The van der Waals surface area contributed by atoms with Crippen LogP contribution in [0.4, 0.5) is 0 Å². The number of rotatable bonds is 3. The molecule has 0 atom stereocenters. The summed E-state index contributed by atoms with van der Waals surface area (Å²) in [5.74, 6) is -0.0306. The zero-order chi connectivity index (χ0) is 12.5. The van der Waals surface area contributed by atoms with Crippen LogP contribution in [0.3, 0.4) is 0 Å². The van der Waals surface area contributed by atoms with Gasteiger partial charge in [0.25, 0.3) is 0 Å². The van der Waals surface area contributed by atoms with Crippen LogP contribution in [0.25, 0.3) is 0 Å². The Morgan fingerprint density at radius 1 is 1.47 bits per heavy atom. The van der Waals surface area contributed by atoms with E-state index in [9.17, 15) is 4.79 Å². The van der Waals surface area contributed by atoms with Gasteiger partial charge in [0, 0.05) is 26.3 Å². The molecule has 2 aliphatic rings. The standard InChI is InChI=1S/C11H19N3O3/c1-14(8-2-3-8)10(15)11(9(12)13-16)4-6-17-7-5-11/h8,16H,2-7H2,1H3,(H2,12,13). The Bertz CT molecular complexity index is 333. The molecule has 1 saturated carbocycles. The van der Waals surface area contributed by atoms with Crippen LogP contribution in [0.2, 0.25) is 0 Å². The largest absolute Gasteiger partial charge is 0.409 e. The zero-order valence-electron chi connectivity index (χ0n) is 10.1. The monoisotopic (exact) mass is 241 g/mol. The van der Waals surface area contributed by atoms with Crippen LogP contribution in [0.15, 0.2) is 5.16 Å². The number of carbonyl (C=O) groups is 1. The fraction of sp³-hybridized carbons (Fsp3) is 0.818. The van der Waals surface area contributed by atoms with Crippen LogP contribution in [0, 0.1) is 5.41 Å². The quantitative estimate of drug-likeness (QED) is 0.318. The number of ether oxygens (including phenoxy) is 1. The molecule has 1 aliphatic heterocycles. The molecule has 96 valence electrons. The Kier molecular flexibility index (Phi) is 3.24. The molecule has 0 aromatic heterocycles. The molecule has 0 bridgehead atoms. The van der Waals surface area contributed by atoms with Gasteiger partial charge in [0.1, 0.15) is 5.41 Å². The molecule has 2 rings (SSSR count). The lowest BCUT2D eigenvalue weighted by Crippen LogP contribution is -2.53. The predicted octanol–water partition coefficient (Wildman–Crippen LogP) is 0.150. The van der Waals surface area contributed by atoms with Crippen molar-refractivity contribution in [3.8, 4) is 0 Å². The minimum Gasteiger partial charge on any atom is -0.409 e. The van der Waals surface area contributed by atoms with E-state index in [1.807, 2.05) is 0 Å². The molecule has 1 amide bonds. The highest BCUT2D eigenvalue weighted by Crippen LogP contribution is 2.36. The van der Waals surface area contributed by atoms with Crippen LogP contribution in [0.5, 0.6) is 0 Å². The van der Waals surface area contributed by atoms with Crippen molar-refractivity contribution in [3.05, 3.63) is 0 Å². The Labute approximate surface area is 100 Å². The summed E-state index contributed by atoms with van der Waals surface area (Å²) in [5, 5.41) is 11.9. The fourth-order valence-corrected chi connectivity index (χ4v) is 2.36. The minimum atomic E-state index is -0.871. The van der Waals surface area contributed by atoms with E-state index in [0.29, 0.717) is 32.1 Å². The molecule has 3 N–H and O–H groups in total. The van der Waals surface area contributed by atoms with Crippen LogP contribution < -0.4 is 5.73 Å². The second-order valence-corrected chi connectivity index (χ2v) is 4.83. The van der Waals surface area contributed by atoms with Crippen molar-refractivity contribution in [2.45, 2.75) is 31.7 Å². The average molecular weight is 241 g/mol. The van der Waals surface area contributed by atoms with E-state index in [4.69, 9.17) is 15.7 Å². The molecule has 0 aromatic rings.